The molecule has 0 aliphatic rings. The van der Waals surface area contributed by atoms with Gasteiger partial charge < -0.3 is 5.32 Å². The third kappa shape index (κ3) is 3.97. The highest BCUT2D eigenvalue weighted by molar-refractivity contribution is 5.06. The smallest absolute Gasteiger partial charge is 0.0596 e. The van der Waals surface area contributed by atoms with Crippen molar-refractivity contribution in [1.29, 1.82) is 0 Å². The van der Waals surface area contributed by atoms with E-state index in [-0.39, 0.29) is 0 Å². The molecule has 0 radical (unpaired) electrons. The Bertz CT molecular complexity index is 304. The summed E-state index contributed by atoms with van der Waals surface area (Å²) < 4.78 is 2.12. The molecule has 0 saturated carbocycles. The molecule has 0 bridgehead atoms. The Labute approximate surface area is 99.2 Å². The molecule has 0 amide bonds. The van der Waals surface area contributed by atoms with Crippen molar-refractivity contribution >= 4 is 0 Å². The Morgan fingerprint density at radius 1 is 1.38 bits per heavy atom. The zero-order valence-electron chi connectivity index (χ0n) is 11.1. The predicted octanol–water partition coefficient (Wildman–Crippen LogP) is 2.67. The van der Waals surface area contributed by atoms with Gasteiger partial charge in [-0.25, -0.2) is 0 Å². The lowest BCUT2D eigenvalue weighted by atomic mass is 10.1. The maximum Gasteiger partial charge on any atom is 0.0596 e. The van der Waals surface area contributed by atoms with Crippen LogP contribution in [0.15, 0.2) is 6.07 Å². The van der Waals surface area contributed by atoms with Crippen LogP contribution >= 0.6 is 0 Å². The zero-order chi connectivity index (χ0) is 12.0. The van der Waals surface area contributed by atoms with Gasteiger partial charge in [0.1, 0.15) is 0 Å². The van der Waals surface area contributed by atoms with Crippen LogP contribution in [0.1, 0.15) is 44.5 Å². The van der Waals surface area contributed by atoms with E-state index in [4.69, 9.17) is 0 Å². The second kappa shape index (κ2) is 6.69. The summed E-state index contributed by atoms with van der Waals surface area (Å²) in [5, 5.41) is 7.98. The first-order valence-electron chi connectivity index (χ1n) is 6.41. The first kappa shape index (κ1) is 13.2. The summed E-state index contributed by atoms with van der Waals surface area (Å²) in [6.45, 7) is 10.7. The second-order valence-corrected chi connectivity index (χ2v) is 4.46. The van der Waals surface area contributed by atoms with Gasteiger partial charge in [-0.15, -0.1) is 0 Å². The van der Waals surface area contributed by atoms with Crippen LogP contribution in [0.5, 0.6) is 0 Å². The minimum atomic E-state index is 0.668. The molecule has 0 aromatic carbocycles. The number of aryl methyl sites for hydroxylation is 3. The lowest BCUT2D eigenvalue weighted by Crippen LogP contribution is -2.28. The van der Waals surface area contributed by atoms with E-state index < -0.39 is 0 Å². The monoisotopic (exact) mass is 223 g/mol. The lowest BCUT2D eigenvalue weighted by Gasteiger charge is -2.15. The molecule has 1 N–H and O–H groups in total. The van der Waals surface area contributed by atoms with Gasteiger partial charge in [0.2, 0.25) is 0 Å². The van der Waals surface area contributed by atoms with E-state index in [2.05, 4.69) is 48.9 Å². The molecular weight excluding hydrogens is 198 g/mol. The highest BCUT2D eigenvalue weighted by Crippen LogP contribution is 2.06. The van der Waals surface area contributed by atoms with Gasteiger partial charge in [0.15, 0.2) is 0 Å². The molecule has 0 aliphatic heterocycles. The van der Waals surface area contributed by atoms with E-state index >= 15 is 0 Å². The Morgan fingerprint density at radius 2 is 2.12 bits per heavy atom. The molecule has 92 valence electrons. The number of rotatable bonds is 7. The van der Waals surface area contributed by atoms with Crippen LogP contribution < -0.4 is 5.32 Å². The van der Waals surface area contributed by atoms with Crippen LogP contribution in [-0.4, -0.2) is 22.4 Å². The molecule has 1 aromatic rings. The lowest BCUT2D eigenvalue weighted by molar-refractivity contribution is 0.436. The van der Waals surface area contributed by atoms with E-state index in [0.29, 0.717) is 6.04 Å². The van der Waals surface area contributed by atoms with Crippen LogP contribution in [0.3, 0.4) is 0 Å². The molecule has 1 rings (SSSR count). The highest BCUT2D eigenvalue weighted by atomic mass is 15.3. The summed E-state index contributed by atoms with van der Waals surface area (Å²) in [5.74, 6) is 0. The standard InChI is InChI=1S/C13H25N3/c1-5-13(14-6-2)8-7-9-16-12(4)10-11(3)15-16/h10,13-14H,5-9H2,1-4H3. The summed E-state index contributed by atoms with van der Waals surface area (Å²) in [6, 6.07) is 2.81. The predicted molar refractivity (Wildman–Crippen MR) is 68.7 cm³/mol. The normalized spacial score (nSPS) is 13.0. The Hall–Kier alpha value is -0.830. The number of nitrogens with zero attached hydrogens (tertiary/aromatic N) is 2. The summed E-state index contributed by atoms with van der Waals surface area (Å²) in [4.78, 5) is 0. The topological polar surface area (TPSA) is 29.9 Å². The third-order valence-corrected chi connectivity index (χ3v) is 3.01. The molecule has 1 atom stereocenters. The van der Waals surface area contributed by atoms with Crippen molar-refractivity contribution in [2.24, 2.45) is 0 Å². The van der Waals surface area contributed by atoms with Gasteiger partial charge in [-0.3, -0.25) is 4.68 Å². The molecule has 3 heteroatoms. The van der Waals surface area contributed by atoms with Crippen molar-refractivity contribution in [2.45, 2.75) is 59.5 Å². The van der Waals surface area contributed by atoms with Crippen molar-refractivity contribution in [1.82, 2.24) is 15.1 Å². The minimum Gasteiger partial charge on any atom is -0.314 e. The molecule has 1 aromatic heterocycles. The van der Waals surface area contributed by atoms with Crippen LogP contribution in [0, 0.1) is 13.8 Å². The van der Waals surface area contributed by atoms with Crippen molar-refractivity contribution in [3.8, 4) is 0 Å². The van der Waals surface area contributed by atoms with E-state index in [1.165, 1.54) is 25.0 Å². The number of nitrogens with one attached hydrogen (secondary N) is 1. The Balaban J connectivity index is 2.32. The fourth-order valence-corrected chi connectivity index (χ4v) is 2.13. The minimum absolute atomic E-state index is 0.668. The van der Waals surface area contributed by atoms with Crippen molar-refractivity contribution in [2.75, 3.05) is 6.54 Å². The molecule has 1 unspecified atom stereocenters. The molecule has 0 fully saturated rings. The zero-order valence-corrected chi connectivity index (χ0v) is 11.1. The molecule has 16 heavy (non-hydrogen) atoms. The van der Waals surface area contributed by atoms with E-state index in [9.17, 15) is 0 Å². The van der Waals surface area contributed by atoms with Gasteiger partial charge in [0.25, 0.3) is 0 Å². The highest BCUT2D eigenvalue weighted by Gasteiger charge is 2.05. The SMILES string of the molecule is CCNC(CC)CCCn1nc(C)cc1C. The maximum absolute atomic E-state index is 4.48. The fraction of sp³-hybridized carbons (Fsp3) is 0.769. The summed E-state index contributed by atoms with van der Waals surface area (Å²) in [6.07, 6.45) is 3.65. The van der Waals surface area contributed by atoms with E-state index in [1.54, 1.807) is 0 Å². The van der Waals surface area contributed by atoms with Gasteiger partial charge in [0, 0.05) is 18.3 Å². The van der Waals surface area contributed by atoms with Crippen molar-refractivity contribution in [3.63, 3.8) is 0 Å². The number of aromatic nitrogens is 2. The van der Waals surface area contributed by atoms with Crippen molar-refractivity contribution < 1.29 is 0 Å². The quantitative estimate of drug-likeness (QED) is 0.770. The Kier molecular flexibility index (Phi) is 5.53. The molecule has 0 spiro atoms. The first-order valence-corrected chi connectivity index (χ1v) is 6.41. The van der Waals surface area contributed by atoms with Gasteiger partial charge in [0.05, 0.1) is 5.69 Å². The molecule has 3 nitrogen and oxygen atoms in total. The maximum atomic E-state index is 4.48. The summed E-state index contributed by atoms with van der Waals surface area (Å²) >= 11 is 0. The average Bonchev–Trinajstić information content (AvgIpc) is 2.56. The fourth-order valence-electron chi connectivity index (χ4n) is 2.13. The summed E-state index contributed by atoms with van der Waals surface area (Å²) in [7, 11) is 0. The van der Waals surface area contributed by atoms with Crippen LogP contribution in [0.2, 0.25) is 0 Å². The van der Waals surface area contributed by atoms with Gasteiger partial charge >= 0.3 is 0 Å². The second-order valence-electron chi connectivity index (χ2n) is 4.46. The largest absolute Gasteiger partial charge is 0.314 e. The molecular formula is C13H25N3. The van der Waals surface area contributed by atoms with Crippen molar-refractivity contribution in [3.05, 3.63) is 17.5 Å². The molecule has 1 heterocycles. The van der Waals surface area contributed by atoms with E-state index in [0.717, 1.165) is 18.8 Å². The van der Waals surface area contributed by atoms with Gasteiger partial charge in [-0.1, -0.05) is 13.8 Å². The Morgan fingerprint density at radius 3 is 2.62 bits per heavy atom. The van der Waals surface area contributed by atoms with Crippen LogP contribution in [-0.2, 0) is 6.54 Å². The molecule has 0 aliphatic carbocycles. The third-order valence-electron chi connectivity index (χ3n) is 3.01. The summed E-state index contributed by atoms with van der Waals surface area (Å²) in [5.41, 5.74) is 2.39. The van der Waals surface area contributed by atoms with Gasteiger partial charge in [-0.2, -0.15) is 5.10 Å². The van der Waals surface area contributed by atoms with Crippen LogP contribution in [0.25, 0.3) is 0 Å². The molecule has 0 saturated heterocycles. The number of hydrogen-bond acceptors (Lipinski definition) is 2. The van der Waals surface area contributed by atoms with Crippen LogP contribution in [0.4, 0.5) is 0 Å². The van der Waals surface area contributed by atoms with Gasteiger partial charge in [-0.05, 0) is 45.7 Å². The average molecular weight is 223 g/mol. The first-order chi connectivity index (χ1) is 7.67. The number of hydrogen-bond donors (Lipinski definition) is 1. The van der Waals surface area contributed by atoms with E-state index in [1.807, 2.05) is 0 Å².